The summed E-state index contributed by atoms with van der Waals surface area (Å²) in [5.41, 5.74) is 0.643. The SMILES string of the molecule is CCCC(CC)OC(CC(C)O)C(=O)c1ccccc1. The molecule has 0 aliphatic heterocycles. The first-order valence-electron chi connectivity index (χ1n) is 7.51. The van der Waals surface area contributed by atoms with Crippen LogP contribution in [0, 0.1) is 0 Å². The minimum atomic E-state index is -0.561. The van der Waals surface area contributed by atoms with Crippen molar-refractivity contribution in [1.29, 1.82) is 0 Å². The molecule has 0 spiro atoms. The molecule has 1 rings (SSSR count). The molecule has 3 heteroatoms. The first-order chi connectivity index (χ1) is 9.58. The van der Waals surface area contributed by atoms with E-state index < -0.39 is 12.2 Å². The van der Waals surface area contributed by atoms with E-state index in [4.69, 9.17) is 4.74 Å². The normalized spacial score (nSPS) is 15.6. The highest BCUT2D eigenvalue weighted by atomic mass is 16.5. The van der Waals surface area contributed by atoms with Crippen LogP contribution in [0.25, 0.3) is 0 Å². The Kier molecular flexibility index (Phi) is 7.48. The maximum absolute atomic E-state index is 12.5. The minimum absolute atomic E-state index is 0.0407. The molecule has 0 aliphatic rings. The number of ketones is 1. The molecule has 3 atom stereocenters. The van der Waals surface area contributed by atoms with Crippen LogP contribution in [0.5, 0.6) is 0 Å². The van der Waals surface area contributed by atoms with Gasteiger partial charge in [-0.2, -0.15) is 0 Å². The topological polar surface area (TPSA) is 46.5 Å². The zero-order valence-corrected chi connectivity index (χ0v) is 12.7. The van der Waals surface area contributed by atoms with Gasteiger partial charge in [0.05, 0.1) is 12.2 Å². The highest BCUT2D eigenvalue weighted by molar-refractivity contribution is 5.99. The van der Waals surface area contributed by atoms with E-state index in [1.54, 1.807) is 19.1 Å². The monoisotopic (exact) mass is 278 g/mol. The highest BCUT2D eigenvalue weighted by Crippen LogP contribution is 2.17. The van der Waals surface area contributed by atoms with Gasteiger partial charge in [-0.05, 0) is 19.8 Å². The summed E-state index contributed by atoms with van der Waals surface area (Å²) in [4.78, 5) is 12.5. The van der Waals surface area contributed by atoms with Gasteiger partial charge in [0, 0.05) is 12.0 Å². The number of benzene rings is 1. The number of aliphatic hydroxyl groups excluding tert-OH is 1. The summed E-state index contributed by atoms with van der Waals surface area (Å²) in [7, 11) is 0. The second-order valence-corrected chi connectivity index (χ2v) is 5.26. The number of hydrogen-bond donors (Lipinski definition) is 1. The molecule has 0 radical (unpaired) electrons. The van der Waals surface area contributed by atoms with Crippen LogP contribution in [0.15, 0.2) is 30.3 Å². The summed E-state index contributed by atoms with van der Waals surface area (Å²) in [5.74, 6) is -0.0407. The van der Waals surface area contributed by atoms with Gasteiger partial charge in [0.1, 0.15) is 6.10 Å². The van der Waals surface area contributed by atoms with Crippen molar-refractivity contribution in [3.63, 3.8) is 0 Å². The van der Waals surface area contributed by atoms with Crippen molar-refractivity contribution in [2.24, 2.45) is 0 Å². The van der Waals surface area contributed by atoms with E-state index in [1.807, 2.05) is 18.2 Å². The number of Topliss-reactive ketones (excluding diaryl/α,β-unsaturated/α-hetero) is 1. The van der Waals surface area contributed by atoms with Gasteiger partial charge in [-0.15, -0.1) is 0 Å². The summed E-state index contributed by atoms with van der Waals surface area (Å²) in [5, 5.41) is 9.60. The fraction of sp³-hybridized carbons (Fsp3) is 0.588. The lowest BCUT2D eigenvalue weighted by atomic mass is 10.0. The summed E-state index contributed by atoms with van der Waals surface area (Å²) in [6.07, 6.45) is 2.16. The number of carbonyl (C=O) groups is 1. The Morgan fingerprint density at radius 2 is 1.90 bits per heavy atom. The van der Waals surface area contributed by atoms with Gasteiger partial charge in [-0.3, -0.25) is 4.79 Å². The summed E-state index contributed by atoms with van der Waals surface area (Å²) >= 11 is 0. The van der Waals surface area contributed by atoms with Crippen molar-refractivity contribution in [3.8, 4) is 0 Å². The average molecular weight is 278 g/mol. The molecule has 0 amide bonds. The Hall–Kier alpha value is -1.19. The van der Waals surface area contributed by atoms with Gasteiger partial charge in [0.2, 0.25) is 0 Å². The molecule has 0 saturated heterocycles. The molecule has 3 nitrogen and oxygen atoms in total. The van der Waals surface area contributed by atoms with Gasteiger partial charge in [-0.25, -0.2) is 0 Å². The standard InChI is InChI=1S/C17H26O3/c1-4-9-15(5-2)20-16(12-13(3)18)17(19)14-10-7-6-8-11-14/h6-8,10-11,13,15-16,18H,4-5,9,12H2,1-3H3. The van der Waals surface area contributed by atoms with Crippen LogP contribution in [0.2, 0.25) is 0 Å². The molecule has 1 N–H and O–H groups in total. The molecule has 0 aromatic heterocycles. The minimum Gasteiger partial charge on any atom is -0.393 e. The van der Waals surface area contributed by atoms with Crippen LogP contribution in [0.4, 0.5) is 0 Å². The zero-order chi connectivity index (χ0) is 15.0. The van der Waals surface area contributed by atoms with E-state index in [2.05, 4.69) is 13.8 Å². The van der Waals surface area contributed by atoms with Crippen molar-refractivity contribution in [1.82, 2.24) is 0 Å². The lowest BCUT2D eigenvalue weighted by Gasteiger charge is -2.24. The van der Waals surface area contributed by atoms with E-state index in [0.29, 0.717) is 12.0 Å². The van der Waals surface area contributed by atoms with Crippen molar-refractivity contribution < 1.29 is 14.6 Å². The average Bonchev–Trinajstić information content (AvgIpc) is 2.45. The Morgan fingerprint density at radius 3 is 2.40 bits per heavy atom. The first-order valence-corrected chi connectivity index (χ1v) is 7.51. The van der Waals surface area contributed by atoms with E-state index in [1.165, 1.54) is 0 Å². The maximum atomic E-state index is 12.5. The van der Waals surface area contributed by atoms with Crippen LogP contribution >= 0.6 is 0 Å². The van der Waals surface area contributed by atoms with E-state index in [-0.39, 0.29) is 11.9 Å². The Morgan fingerprint density at radius 1 is 1.25 bits per heavy atom. The second kappa shape index (κ2) is 8.88. The lowest BCUT2D eigenvalue weighted by molar-refractivity contribution is -0.0259. The van der Waals surface area contributed by atoms with Gasteiger partial charge in [0.15, 0.2) is 5.78 Å². The second-order valence-electron chi connectivity index (χ2n) is 5.26. The quantitative estimate of drug-likeness (QED) is 0.702. The number of ether oxygens (including phenoxy) is 1. The molecule has 0 fully saturated rings. The van der Waals surface area contributed by atoms with Crippen LogP contribution in [-0.4, -0.2) is 29.2 Å². The van der Waals surface area contributed by atoms with Gasteiger partial charge >= 0.3 is 0 Å². The Balaban J connectivity index is 2.80. The predicted octanol–water partition coefficient (Wildman–Crippen LogP) is 3.60. The molecule has 0 bridgehead atoms. The third-order valence-corrected chi connectivity index (χ3v) is 3.33. The molecule has 20 heavy (non-hydrogen) atoms. The van der Waals surface area contributed by atoms with Crippen LogP contribution in [0.3, 0.4) is 0 Å². The number of carbonyl (C=O) groups excluding carboxylic acids is 1. The molecule has 112 valence electrons. The van der Waals surface area contributed by atoms with Crippen molar-refractivity contribution in [3.05, 3.63) is 35.9 Å². The maximum Gasteiger partial charge on any atom is 0.191 e. The van der Waals surface area contributed by atoms with Crippen LogP contribution < -0.4 is 0 Å². The lowest BCUT2D eigenvalue weighted by Crippen LogP contribution is -2.32. The smallest absolute Gasteiger partial charge is 0.191 e. The number of hydrogen-bond acceptors (Lipinski definition) is 3. The molecule has 0 heterocycles. The van der Waals surface area contributed by atoms with Gasteiger partial charge < -0.3 is 9.84 Å². The molecule has 0 aliphatic carbocycles. The highest BCUT2D eigenvalue weighted by Gasteiger charge is 2.25. The Labute approximate surface area is 122 Å². The molecule has 1 aromatic rings. The molecule has 1 aromatic carbocycles. The summed E-state index contributed by atoms with van der Waals surface area (Å²) in [6.45, 7) is 5.86. The van der Waals surface area contributed by atoms with Gasteiger partial charge in [0.25, 0.3) is 0 Å². The van der Waals surface area contributed by atoms with Crippen LogP contribution in [0.1, 0.15) is 56.8 Å². The third-order valence-electron chi connectivity index (χ3n) is 3.33. The van der Waals surface area contributed by atoms with Gasteiger partial charge in [-0.1, -0.05) is 50.6 Å². The van der Waals surface area contributed by atoms with Crippen molar-refractivity contribution >= 4 is 5.78 Å². The van der Waals surface area contributed by atoms with E-state index in [0.717, 1.165) is 19.3 Å². The molecular weight excluding hydrogens is 252 g/mol. The molecule has 0 saturated carbocycles. The van der Waals surface area contributed by atoms with Crippen molar-refractivity contribution in [2.75, 3.05) is 0 Å². The van der Waals surface area contributed by atoms with E-state index >= 15 is 0 Å². The van der Waals surface area contributed by atoms with Crippen molar-refractivity contribution in [2.45, 2.75) is 64.8 Å². The van der Waals surface area contributed by atoms with E-state index in [9.17, 15) is 9.90 Å². The molecular formula is C17H26O3. The predicted molar refractivity (Wildman–Crippen MR) is 80.9 cm³/mol. The third kappa shape index (κ3) is 5.43. The number of aliphatic hydroxyl groups is 1. The zero-order valence-electron chi connectivity index (χ0n) is 12.7. The summed E-state index contributed by atoms with van der Waals surface area (Å²) in [6, 6.07) is 9.16. The largest absolute Gasteiger partial charge is 0.393 e. The van der Waals surface area contributed by atoms with Crippen LogP contribution in [-0.2, 0) is 4.74 Å². The number of rotatable bonds is 9. The first kappa shape index (κ1) is 16.9. The summed E-state index contributed by atoms with van der Waals surface area (Å²) < 4.78 is 5.96. The molecule has 3 unspecified atom stereocenters. The fourth-order valence-electron chi connectivity index (χ4n) is 2.25. The Bertz CT molecular complexity index is 386. The fourth-order valence-corrected chi connectivity index (χ4v) is 2.25.